The molecule has 3 unspecified atom stereocenters. The van der Waals surface area contributed by atoms with Gasteiger partial charge in [0.1, 0.15) is 14.2 Å². The molecule has 4 aliphatic carbocycles. The van der Waals surface area contributed by atoms with E-state index in [4.69, 9.17) is 9.68 Å². The van der Waals surface area contributed by atoms with E-state index >= 15 is 0 Å². The van der Waals surface area contributed by atoms with Gasteiger partial charge >= 0.3 is 0 Å². The van der Waals surface area contributed by atoms with Gasteiger partial charge in [0.2, 0.25) is 0 Å². The zero-order chi connectivity index (χ0) is 19.2. The van der Waals surface area contributed by atoms with Crippen LogP contribution in [0.5, 0.6) is 0 Å². The van der Waals surface area contributed by atoms with E-state index in [0.717, 1.165) is 42.7 Å². The molecule has 4 aliphatic rings. The molecule has 4 rings (SSSR count). The molecule has 0 aliphatic heterocycles. The van der Waals surface area contributed by atoms with Crippen LogP contribution >= 0.6 is 0 Å². The number of nitrogens with zero attached hydrogens (tertiary/aromatic N) is 2. The largest absolute Gasteiger partial charge is 0.399 e. The highest BCUT2D eigenvalue weighted by atomic mass is 16.6. The quantitative estimate of drug-likeness (QED) is 0.606. The van der Waals surface area contributed by atoms with E-state index in [1.54, 1.807) is 19.8 Å². The predicted octanol–water partition coefficient (Wildman–Crippen LogP) is 5.59. The molecular formula is C23H36N2O2. The van der Waals surface area contributed by atoms with Crippen LogP contribution in [0.25, 0.3) is 0 Å². The monoisotopic (exact) mass is 372 g/mol. The van der Waals surface area contributed by atoms with E-state index in [1.807, 2.05) is 0 Å². The average molecular weight is 373 g/mol. The summed E-state index contributed by atoms with van der Waals surface area (Å²) < 4.78 is 0. The highest BCUT2D eigenvalue weighted by Crippen LogP contribution is 2.66. The fourth-order valence-corrected chi connectivity index (χ4v) is 7.60. The molecule has 0 spiro atoms. The van der Waals surface area contributed by atoms with Crippen molar-refractivity contribution >= 4 is 11.4 Å². The van der Waals surface area contributed by atoms with Gasteiger partial charge in [0.25, 0.3) is 0 Å². The molecule has 4 nitrogen and oxygen atoms in total. The fourth-order valence-electron chi connectivity index (χ4n) is 7.60. The normalized spacial score (nSPS) is 46.5. The van der Waals surface area contributed by atoms with E-state index in [-0.39, 0.29) is 5.41 Å². The van der Waals surface area contributed by atoms with Crippen molar-refractivity contribution in [2.75, 3.05) is 14.2 Å². The molecular weight excluding hydrogens is 336 g/mol. The molecule has 6 atom stereocenters. The number of fused-ring (bicyclic) bond motifs is 5. The van der Waals surface area contributed by atoms with Crippen LogP contribution in [0.4, 0.5) is 0 Å². The topological polar surface area (TPSA) is 43.2 Å². The van der Waals surface area contributed by atoms with Crippen LogP contribution in [0.1, 0.15) is 72.1 Å². The van der Waals surface area contributed by atoms with Gasteiger partial charge in [0, 0.05) is 5.92 Å². The van der Waals surface area contributed by atoms with Crippen LogP contribution in [0, 0.1) is 34.5 Å². The highest BCUT2D eigenvalue weighted by molar-refractivity contribution is 5.97. The summed E-state index contributed by atoms with van der Waals surface area (Å²) in [5.74, 6) is 2.95. The van der Waals surface area contributed by atoms with Gasteiger partial charge in [0.05, 0.1) is 11.4 Å². The maximum absolute atomic E-state index is 5.40. The molecule has 0 bridgehead atoms. The highest BCUT2D eigenvalue weighted by Gasteiger charge is 2.61. The Morgan fingerprint density at radius 1 is 1.07 bits per heavy atom. The van der Waals surface area contributed by atoms with Crippen LogP contribution in [-0.4, -0.2) is 25.6 Å². The number of hydrogen-bond acceptors (Lipinski definition) is 4. The predicted molar refractivity (Wildman–Crippen MR) is 110 cm³/mol. The summed E-state index contributed by atoms with van der Waals surface area (Å²) >= 11 is 0. The van der Waals surface area contributed by atoms with E-state index in [2.05, 4.69) is 37.2 Å². The minimum absolute atomic E-state index is 0.193. The molecule has 150 valence electrons. The molecule has 27 heavy (non-hydrogen) atoms. The van der Waals surface area contributed by atoms with Crippen molar-refractivity contribution in [3.05, 3.63) is 11.6 Å². The lowest BCUT2D eigenvalue weighted by Gasteiger charge is -2.58. The molecule has 3 saturated carbocycles. The molecule has 0 radical (unpaired) electrons. The summed E-state index contributed by atoms with van der Waals surface area (Å²) in [6, 6.07) is 0. The Morgan fingerprint density at radius 3 is 2.56 bits per heavy atom. The van der Waals surface area contributed by atoms with Crippen molar-refractivity contribution < 1.29 is 9.68 Å². The van der Waals surface area contributed by atoms with Gasteiger partial charge in [-0.05, 0) is 79.6 Å². The molecule has 0 heterocycles. The summed E-state index contributed by atoms with van der Waals surface area (Å²) in [6.07, 6.45) is 12.2. The van der Waals surface area contributed by atoms with Crippen LogP contribution in [0.2, 0.25) is 0 Å². The summed E-state index contributed by atoms with van der Waals surface area (Å²) in [7, 11) is 3.36. The summed E-state index contributed by atoms with van der Waals surface area (Å²) in [5, 5.41) is 8.90. The zero-order valence-electron chi connectivity index (χ0n) is 17.8. The molecule has 0 aromatic carbocycles. The third kappa shape index (κ3) is 2.77. The maximum Gasteiger partial charge on any atom is 0.106 e. The molecule has 0 saturated heterocycles. The molecule has 0 amide bonds. The Morgan fingerprint density at radius 2 is 1.85 bits per heavy atom. The van der Waals surface area contributed by atoms with Gasteiger partial charge in [0.15, 0.2) is 0 Å². The van der Waals surface area contributed by atoms with E-state index in [0.29, 0.717) is 11.3 Å². The third-order valence-corrected chi connectivity index (χ3v) is 8.79. The van der Waals surface area contributed by atoms with Gasteiger partial charge in [-0.2, -0.15) is 0 Å². The number of rotatable bonds is 3. The first kappa shape index (κ1) is 19.0. The Balaban J connectivity index is 1.75. The molecule has 0 N–H and O–H groups in total. The summed E-state index contributed by atoms with van der Waals surface area (Å²) in [5.41, 5.74) is 4.59. The van der Waals surface area contributed by atoms with E-state index in [9.17, 15) is 0 Å². The molecule has 4 heteroatoms. The minimum Gasteiger partial charge on any atom is -0.399 e. The van der Waals surface area contributed by atoms with Gasteiger partial charge in [-0.15, -0.1) is 0 Å². The van der Waals surface area contributed by atoms with Crippen molar-refractivity contribution in [1.29, 1.82) is 0 Å². The second-order valence-corrected chi connectivity index (χ2v) is 9.77. The first-order chi connectivity index (χ1) is 13.0. The van der Waals surface area contributed by atoms with Crippen molar-refractivity contribution in [2.24, 2.45) is 44.8 Å². The first-order valence-electron chi connectivity index (χ1n) is 10.9. The Labute approximate surface area is 164 Å². The van der Waals surface area contributed by atoms with Crippen LogP contribution in [0.3, 0.4) is 0 Å². The van der Waals surface area contributed by atoms with E-state index in [1.165, 1.54) is 37.8 Å². The van der Waals surface area contributed by atoms with Crippen molar-refractivity contribution in [1.82, 2.24) is 0 Å². The van der Waals surface area contributed by atoms with Gasteiger partial charge in [-0.1, -0.05) is 43.1 Å². The number of hydrogen-bond donors (Lipinski definition) is 0. The van der Waals surface area contributed by atoms with Gasteiger partial charge < -0.3 is 9.68 Å². The van der Waals surface area contributed by atoms with Crippen molar-refractivity contribution in [3.8, 4) is 0 Å². The van der Waals surface area contributed by atoms with Crippen LogP contribution < -0.4 is 0 Å². The Hall–Kier alpha value is -1.32. The number of oxime groups is 2. The van der Waals surface area contributed by atoms with Crippen molar-refractivity contribution in [3.63, 3.8) is 0 Å². The fraction of sp³-hybridized carbons (Fsp3) is 0.826. The summed E-state index contributed by atoms with van der Waals surface area (Å²) in [4.78, 5) is 10.5. The molecule has 3 fully saturated rings. The Kier molecular flexibility index (Phi) is 4.88. The zero-order valence-corrected chi connectivity index (χ0v) is 17.8. The second-order valence-electron chi connectivity index (χ2n) is 9.77. The smallest absolute Gasteiger partial charge is 0.106 e. The second kappa shape index (κ2) is 6.93. The van der Waals surface area contributed by atoms with Gasteiger partial charge in [-0.3, -0.25) is 0 Å². The SMILES string of the molecule is CC[C@H]1CCC2C3CCC4=CC(=NOC)CC[C@]4(C)C3C(=NOC)C[C@@]21C. The lowest BCUT2D eigenvalue weighted by atomic mass is 9.46. The minimum atomic E-state index is 0.193. The first-order valence-corrected chi connectivity index (χ1v) is 10.9. The molecule has 0 aromatic rings. The lowest BCUT2D eigenvalue weighted by molar-refractivity contribution is 0.0121. The van der Waals surface area contributed by atoms with Gasteiger partial charge in [-0.25, -0.2) is 0 Å². The number of allylic oxidation sites excluding steroid dienone is 2. The van der Waals surface area contributed by atoms with E-state index < -0.39 is 0 Å². The Bertz CT molecular complexity index is 682. The maximum atomic E-state index is 5.40. The third-order valence-electron chi connectivity index (χ3n) is 8.79. The lowest BCUT2D eigenvalue weighted by Crippen LogP contribution is -2.55. The summed E-state index contributed by atoms with van der Waals surface area (Å²) in [6.45, 7) is 7.41. The average Bonchev–Trinajstić information content (AvgIpc) is 2.98. The van der Waals surface area contributed by atoms with Crippen molar-refractivity contribution in [2.45, 2.75) is 72.1 Å². The molecule has 0 aromatic heterocycles. The van der Waals surface area contributed by atoms with Crippen LogP contribution in [0.15, 0.2) is 22.0 Å². The van der Waals surface area contributed by atoms with Crippen LogP contribution in [-0.2, 0) is 9.68 Å². The standard InChI is InChI=1S/C23H36N2O2/c1-6-15-8-10-19-18-9-7-16-13-17(24-26-4)11-12-22(16,2)21(18)20(25-27-5)14-23(15,19)3/h13,15,18-19,21H,6-12,14H2,1-5H3/t15-,18?,19?,21?,22-,23+/m0/s1.